The first-order valence-electron chi connectivity index (χ1n) is 11.6. The summed E-state index contributed by atoms with van der Waals surface area (Å²) in [6, 6.07) is 12.5. The fraction of sp³-hybridized carbons (Fsp3) is 0.464. The molecule has 0 bridgehead atoms. The van der Waals surface area contributed by atoms with Crippen molar-refractivity contribution >= 4 is 17.7 Å². The maximum atomic E-state index is 13.4. The van der Waals surface area contributed by atoms with Gasteiger partial charge in [0, 0.05) is 5.69 Å². The largest absolute Gasteiger partial charge is 0.444 e. The van der Waals surface area contributed by atoms with Crippen LogP contribution in [0.3, 0.4) is 0 Å². The van der Waals surface area contributed by atoms with Crippen molar-refractivity contribution in [2.24, 2.45) is 0 Å². The minimum atomic E-state index is -0.898. The molecule has 2 aromatic carbocycles. The Bertz CT molecular complexity index is 1030. The number of rotatable bonds is 4. The fourth-order valence-electron chi connectivity index (χ4n) is 4.31. The van der Waals surface area contributed by atoms with Crippen molar-refractivity contribution in [3.63, 3.8) is 0 Å². The highest BCUT2D eigenvalue weighted by molar-refractivity contribution is 5.97. The molecule has 177 valence electrons. The van der Waals surface area contributed by atoms with Gasteiger partial charge in [-0.25, -0.2) is 4.79 Å². The zero-order valence-corrected chi connectivity index (χ0v) is 21.0. The Labute approximate surface area is 198 Å². The van der Waals surface area contributed by atoms with E-state index in [1.54, 1.807) is 32.9 Å². The first-order valence-corrected chi connectivity index (χ1v) is 11.6. The summed E-state index contributed by atoms with van der Waals surface area (Å²) in [5, 5.41) is 5.71. The number of ether oxygens (including phenoxy) is 1. The van der Waals surface area contributed by atoms with Gasteiger partial charge in [0.15, 0.2) is 0 Å². The molecule has 1 aliphatic rings. The minimum Gasteiger partial charge on any atom is -0.444 e. The second-order valence-electron chi connectivity index (χ2n) is 11.3. The summed E-state index contributed by atoms with van der Waals surface area (Å²) in [4.78, 5) is 26.0. The van der Waals surface area contributed by atoms with E-state index in [1.165, 1.54) is 11.1 Å². The van der Waals surface area contributed by atoms with Gasteiger partial charge in [-0.05, 0) is 85.8 Å². The lowest BCUT2D eigenvalue weighted by Crippen LogP contribution is -2.40. The third-order valence-electron chi connectivity index (χ3n) is 6.35. The predicted molar refractivity (Wildman–Crippen MR) is 133 cm³/mol. The number of hydrogen-bond donors (Lipinski definition) is 2. The Kier molecular flexibility index (Phi) is 6.65. The van der Waals surface area contributed by atoms with Crippen molar-refractivity contribution in [3.05, 3.63) is 71.6 Å². The number of benzene rings is 2. The second kappa shape index (κ2) is 8.85. The molecule has 2 aromatic rings. The summed E-state index contributed by atoms with van der Waals surface area (Å²) < 4.78 is 5.45. The van der Waals surface area contributed by atoms with Crippen LogP contribution in [0.5, 0.6) is 0 Å². The number of alkyl carbamates (subject to hydrolysis) is 1. The molecule has 5 nitrogen and oxygen atoms in total. The summed E-state index contributed by atoms with van der Waals surface area (Å²) in [6.07, 6.45) is 1.53. The zero-order valence-electron chi connectivity index (χ0n) is 21.0. The van der Waals surface area contributed by atoms with Crippen LogP contribution in [0, 0.1) is 6.92 Å². The number of nitrogens with one attached hydrogen (secondary N) is 2. The molecule has 1 radical (unpaired) electrons. The first-order chi connectivity index (χ1) is 15.2. The van der Waals surface area contributed by atoms with Gasteiger partial charge < -0.3 is 15.4 Å². The predicted octanol–water partition coefficient (Wildman–Crippen LogP) is 6.42. The van der Waals surface area contributed by atoms with E-state index in [0.29, 0.717) is 5.69 Å². The van der Waals surface area contributed by atoms with Crippen molar-refractivity contribution in [1.29, 1.82) is 0 Å². The number of amides is 2. The lowest BCUT2D eigenvalue weighted by atomic mass is 9.63. The molecule has 0 saturated carbocycles. The third kappa shape index (κ3) is 5.95. The van der Waals surface area contributed by atoms with Crippen LogP contribution in [-0.4, -0.2) is 17.6 Å². The van der Waals surface area contributed by atoms with E-state index in [2.05, 4.69) is 57.4 Å². The van der Waals surface area contributed by atoms with Crippen LogP contribution >= 0.6 is 0 Å². The van der Waals surface area contributed by atoms with E-state index in [1.807, 2.05) is 18.2 Å². The minimum absolute atomic E-state index is 0.0161. The van der Waals surface area contributed by atoms with Crippen LogP contribution in [0.25, 0.3) is 0 Å². The van der Waals surface area contributed by atoms with Gasteiger partial charge in [-0.15, -0.1) is 0 Å². The Balaban J connectivity index is 1.99. The van der Waals surface area contributed by atoms with Crippen molar-refractivity contribution in [2.45, 2.75) is 83.8 Å². The molecule has 0 spiro atoms. The summed E-state index contributed by atoms with van der Waals surface area (Å²) in [7, 11) is 0. The average molecular weight is 450 g/mol. The number of carbonyl (C=O) groups excluding carboxylic acids is 2. The maximum absolute atomic E-state index is 13.4. The van der Waals surface area contributed by atoms with Gasteiger partial charge in [-0.2, -0.15) is 0 Å². The topological polar surface area (TPSA) is 67.4 Å². The summed E-state index contributed by atoms with van der Waals surface area (Å²) in [6.45, 7) is 18.3. The molecule has 0 aromatic heterocycles. The fourth-order valence-corrected chi connectivity index (χ4v) is 4.31. The highest BCUT2D eigenvalue weighted by atomic mass is 16.6. The molecule has 1 aliphatic carbocycles. The molecule has 5 heteroatoms. The van der Waals surface area contributed by atoms with Gasteiger partial charge >= 0.3 is 6.09 Å². The Morgan fingerprint density at radius 1 is 0.939 bits per heavy atom. The molecule has 0 saturated heterocycles. The smallest absolute Gasteiger partial charge is 0.408 e. The van der Waals surface area contributed by atoms with E-state index in [9.17, 15) is 9.59 Å². The van der Waals surface area contributed by atoms with E-state index in [0.717, 1.165) is 24.0 Å². The highest BCUT2D eigenvalue weighted by Gasteiger charge is 2.38. The Hall–Kier alpha value is -2.82. The summed E-state index contributed by atoms with van der Waals surface area (Å²) >= 11 is 0. The van der Waals surface area contributed by atoms with Crippen LogP contribution < -0.4 is 10.6 Å². The molecule has 0 fully saturated rings. The average Bonchev–Trinajstić information content (AvgIpc) is 2.70. The van der Waals surface area contributed by atoms with Crippen LogP contribution in [0.15, 0.2) is 42.5 Å². The van der Waals surface area contributed by atoms with Crippen LogP contribution in [0.2, 0.25) is 0 Å². The van der Waals surface area contributed by atoms with Crippen LogP contribution in [0.4, 0.5) is 10.5 Å². The molecule has 0 heterocycles. The molecule has 33 heavy (non-hydrogen) atoms. The quantitative estimate of drug-likeness (QED) is 0.566. The summed E-state index contributed by atoms with van der Waals surface area (Å²) in [5.41, 5.74) is 4.13. The SMILES string of the molecule is [CH2]c1ccc(NC(=O)C(NC(=O)OC(C)(C)C)c2ccc3c(c2)C(C)(C)CCC3(C)C)cc1. The normalized spacial score (nSPS) is 17.5. The standard InChI is InChI=1S/C28H37N2O3/c1-18-9-12-20(13-10-18)29-24(31)23(30-25(32)33-26(2,3)4)19-11-14-21-22(17-19)28(7,8)16-15-27(21,5)6/h9-14,17,23H,1,15-16H2,2-8H3,(H,29,31)(H,30,32). The molecule has 2 amide bonds. The van der Waals surface area contributed by atoms with Gasteiger partial charge in [-0.3, -0.25) is 4.79 Å². The van der Waals surface area contributed by atoms with E-state index in [4.69, 9.17) is 4.74 Å². The molecular weight excluding hydrogens is 412 g/mol. The van der Waals surface area contributed by atoms with Crippen molar-refractivity contribution < 1.29 is 14.3 Å². The van der Waals surface area contributed by atoms with Gasteiger partial charge in [0.1, 0.15) is 11.6 Å². The highest BCUT2D eigenvalue weighted by Crippen LogP contribution is 2.46. The molecule has 1 atom stereocenters. The van der Waals surface area contributed by atoms with E-state index >= 15 is 0 Å². The third-order valence-corrected chi connectivity index (χ3v) is 6.35. The molecule has 3 rings (SSSR count). The molecule has 1 unspecified atom stereocenters. The Morgan fingerprint density at radius 3 is 2.09 bits per heavy atom. The van der Waals surface area contributed by atoms with Gasteiger partial charge in [0.25, 0.3) is 5.91 Å². The first kappa shape index (κ1) is 24.8. The van der Waals surface area contributed by atoms with E-state index in [-0.39, 0.29) is 16.7 Å². The number of hydrogen-bond acceptors (Lipinski definition) is 3. The van der Waals surface area contributed by atoms with Gasteiger partial charge in [-0.1, -0.05) is 58.0 Å². The van der Waals surface area contributed by atoms with Crippen molar-refractivity contribution in [3.8, 4) is 0 Å². The number of anilines is 1. The van der Waals surface area contributed by atoms with Crippen molar-refractivity contribution in [2.75, 3.05) is 5.32 Å². The van der Waals surface area contributed by atoms with Gasteiger partial charge in [0.05, 0.1) is 0 Å². The van der Waals surface area contributed by atoms with Crippen LogP contribution in [0.1, 0.15) is 89.6 Å². The molecular formula is C28H37N2O3. The summed E-state index contributed by atoms with van der Waals surface area (Å²) in [5.74, 6) is -0.328. The number of carbonyl (C=O) groups is 2. The zero-order chi connectivity index (χ0) is 24.6. The maximum Gasteiger partial charge on any atom is 0.408 e. The van der Waals surface area contributed by atoms with Crippen LogP contribution in [-0.2, 0) is 20.4 Å². The molecule has 2 N–H and O–H groups in total. The van der Waals surface area contributed by atoms with Crippen molar-refractivity contribution in [1.82, 2.24) is 5.32 Å². The lowest BCUT2D eigenvalue weighted by molar-refractivity contribution is -0.118. The van der Waals surface area contributed by atoms with Gasteiger partial charge in [0.2, 0.25) is 0 Å². The Morgan fingerprint density at radius 2 is 1.52 bits per heavy atom. The lowest BCUT2D eigenvalue weighted by Gasteiger charge is -2.42. The van der Waals surface area contributed by atoms with E-state index < -0.39 is 17.7 Å². The number of fused-ring (bicyclic) bond motifs is 1. The molecule has 0 aliphatic heterocycles. The monoisotopic (exact) mass is 449 g/mol. The second-order valence-corrected chi connectivity index (χ2v) is 11.3.